The lowest BCUT2D eigenvalue weighted by atomic mass is 10.1. The fourth-order valence-corrected chi connectivity index (χ4v) is 3.49. The quantitative estimate of drug-likeness (QED) is 0.336. The Bertz CT molecular complexity index is 1170. The average Bonchev–Trinajstić information content (AvgIpc) is 2.81. The van der Waals surface area contributed by atoms with E-state index in [1.165, 1.54) is 19.3 Å². The van der Waals surface area contributed by atoms with Crippen LogP contribution in [0.1, 0.15) is 16.7 Å². The smallest absolute Gasteiger partial charge is 0.262 e. The van der Waals surface area contributed by atoms with Gasteiger partial charge in [-0.15, -0.1) is 0 Å². The van der Waals surface area contributed by atoms with E-state index in [0.29, 0.717) is 33.6 Å². The number of hydrogen-bond donors (Lipinski definition) is 1. The van der Waals surface area contributed by atoms with Crippen molar-refractivity contribution in [1.29, 1.82) is 5.26 Å². The van der Waals surface area contributed by atoms with Gasteiger partial charge in [0.25, 0.3) is 5.91 Å². The summed E-state index contributed by atoms with van der Waals surface area (Å²) in [7, 11) is 1.48. The first-order chi connectivity index (χ1) is 15.5. The van der Waals surface area contributed by atoms with E-state index in [9.17, 15) is 14.4 Å². The highest BCUT2D eigenvalue weighted by molar-refractivity contribution is 9.10. The number of methoxy groups -OCH3 is 1. The molecule has 7 heteroatoms. The maximum atomic E-state index is 13.9. The highest BCUT2D eigenvalue weighted by Crippen LogP contribution is 2.38. The molecule has 3 rings (SSSR count). The van der Waals surface area contributed by atoms with Crippen LogP contribution in [0, 0.1) is 17.1 Å². The summed E-state index contributed by atoms with van der Waals surface area (Å²) in [6.45, 7) is 0.330. The lowest BCUT2D eigenvalue weighted by Gasteiger charge is -2.14. The minimum Gasteiger partial charge on any atom is -0.493 e. The largest absolute Gasteiger partial charge is 0.493 e. The van der Waals surface area contributed by atoms with Crippen LogP contribution in [-0.2, 0) is 17.9 Å². The summed E-state index contributed by atoms with van der Waals surface area (Å²) in [4.78, 5) is 12.4. The maximum absolute atomic E-state index is 13.9. The van der Waals surface area contributed by atoms with Crippen molar-refractivity contribution in [2.45, 2.75) is 13.2 Å². The second kappa shape index (κ2) is 11.1. The molecule has 0 radical (unpaired) electrons. The lowest BCUT2D eigenvalue weighted by Crippen LogP contribution is -2.23. The van der Waals surface area contributed by atoms with Crippen LogP contribution in [0.25, 0.3) is 6.08 Å². The van der Waals surface area contributed by atoms with Gasteiger partial charge in [-0.3, -0.25) is 4.79 Å². The third-order valence-corrected chi connectivity index (χ3v) is 5.14. The molecule has 0 aliphatic carbocycles. The highest BCUT2D eigenvalue weighted by Gasteiger charge is 2.14. The molecule has 0 bridgehead atoms. The van der Waals surface area contributed by atoms with Crippen LogP contribution in [0.4, 0.5) is 4.39 Å². The van der Waals surface area contributed by atoms with Crippen LogP contribution in [0.3, 0.4) is 0 Å². The molecular weight excluding hydrogens is 475 g/mol. The molecule has 5 nitrogen and oxygen atoms in total. The van der Waals surface area contributed by atoms with Gasteiger partial charge in [-0.05, 0) is 51.3 Å². The van der Waals surface area contributed by atoms with Crippen molar-refractivity contribution in [3.05, 3.63) is 99.3 Å². The molecule has 0 saturated carbocycles. The SMILES string of the molecule is COc1cc(/C=C(/C#N)C(=O)NCc2ccccc2)cc(Br)c1OCc1ccccc1F. The van der Waals surface area contributed by atoms with Gasteiger partial charge in [-0.1, -0.05) is 48.5 Å². The van der Waals surface area contributed by atoms with Crippen LogP contribution >= 0.6 is 15.9 Å². The number of amides is 1. The van der Waals surface area contributed by atoms with Gasteiger partial charge in [-0.25, -0.2) is 4.39 Å². The fourth-order valence-electron chi connectivity index (χ4n) is 2.92. The van der Waals surface area contributed by atoms with E-state index in [1.54, 1.807) is 30.3 Å². The molecule has 1 N–H and O–H groups in total. The van der Waals surface area contributed by atoms with E-state index in [-0.39, 0.29) is 18.0 Å². The Hall–Kier alpha value is -3.63. The molecule has 3 aromatic rings. The predicted molar refractivity (Wildman–Crippen MR) is 123 cm³/mol. The van der Waals surface area contributed by atoms with Crippen LogP contribution in [-0.4, -0.2) is 13.0 Å². The Labute approximate surface area is 194 Å². The number of ether oxygens (including phenoxy) is 2. The van der Waals surface area contributed by atoms with E-state index in [1.807, 2.05) is 36.4 Å². The molecule has 0 unspecified atom stereocenters. The van der Waals surface area contributed by atoms with Crippen molar-refractivity contribution in [2.24, 2.45) is 0 Å². The van der Waals surface area contributed by atoms with Crippen LogP contribution in [0.5, 0.6) is 11.5 Å². The zero-order valence-corrected chi connectivity index (χ0v) is 18.9. The second-order valence-electron chi connectivity index (χ2n) is 6.75. The van der Waals surface area contributed by atoms with Gasteiger partial charge < -0.3 is 14.8 Å². The first-order valence-electron chi connectivity index (χ1n) is 9.69. The average molecular weight is 495 g/mol. The number of carbonyl (C=O) groups excluding carboxylic acids is 1. The van der Waals surface area contributed by atoms with E-state index in [4.69, 9.17) is 9.47 Å². The summed E-state index contributed by atoms with van der Waals surface area (Å²) in [6, 6.07) is 21.0. The van der Waals surface area contributed by atoms with E-state index in [2.05, 4.69) is 21.2 Å². The number of nitrogens with zero attached hydrogens (tertiary/aromatic N) is 1. The van der Waals surface area contributed by atoms with E-state index >= 15 is 0 Å². The molecule has 0 saturated heterocycles. The van der Waals surface area contributed by atoms with Crippen molar-refractivity contribution < 1.29 is 18.7 Å². The zero-order valence-electron chi connectivity index (χ0n) is 17.3. The molecule has 1 amide bonds. The molecule has 0 aromatic heterocycles. The first kappa shape index (κ1) is 23.0. The predicted octanol–water partition coefficient (Wildman–Crippen LogP) is 5.40. The van der Waals surface area contributed by atoms with Crippen molar-refractivity contribution in [1.82, 2.24) is 5.32 Å². The number of halogens is 2. The number of hydrogen-bond acceptors (Lipinski definition) is 4. The number of benzene rings is 3. The van der Waals surface area contributed by atoms with E-state index < -0.39 is 5.91 Å². The molecule has 3 aromatic carbocycles. The van der Waals surface area contributed by atoms with Crippen LogP contribution < -0.4 is 14.8 Å². The Kier molecular flexibility index (Phi) is 8.01. The second-order valence-corrected chi connectivity index (χ2v) is 7.61. The highest BCUT2D eigenvalue weighted by atomic mass is 79.9. The van der Waals surface area contributed by atoms with Gasteiger partial charge in [0.05, 0.1) is 11.6 Å². The van der Waals surface area contributed by atoms with Crippen molar-refractivity contribution >= 4 is 27.9 Å². The van der Waals surface area contributed by atoms with Gasteiger partial charge in [0.15, 0.2) is 11.5 Å². The van der Waals surface area contributed by atoms with Crippen LogP contribution in [0.15, 0.2) is 76.8 Å². The van der Waals surface area contributed by atoms with Gasteiger partial charge in [0.2, 0.25) is 0 Å². The molecule has 0 atom stereocenters. The Morgan fingerprint density at radius 1 is 1.16 bits per heavy atom. The summed E-state index contributed by atoms with van der Waals surface area (Å²) in [6.07, 6.45) is 1.47. The monoisotopic (exact) mass is 494 g/mol. The molecule has 0 heterocycles. The number of nitrogens with one attached hydrogen (secondary N) is 1. The molecule has 32 heavy (non-hydrogen) atoms. The van der Waals surface area contributed by atoms with Gasteiger partial charge in [-0.2, -0.15) is 5.26 Å². The summed E-state index contributed by atoms with van der Waals surface area (Å²) in [5.41, 5.74) is 1.86. The minimum atomic E-state index is -0.480. The normalized spacial score (nSPS) is 10.9. The number of carbonyl (C=O) groups is 1. The summed E-state index contributed by atoms with van der Waals surface area (Å²) < 4.78 is 25.6. The minimum absolute atomic E-state index is 0.0160. The third-order valence-electron chi connectivity index (χ3n) is 4.55. The summed E-state index contributed by atoms with van der Waals surface area (Å²) in [5, 5.41) is 12.2. The lowest BCUT2D eigenvalue weighted by molar-refractivity contribution is -0.117. The van der Waals surface area contributed by atoms with Gasteiger partial charge in [0, 0.05) is 12.1 Å². The molecule has 0 aliphatic heterocycles. The molecular formula is C25H20BrFN2O3. The fraction of sp³-hybridized carbons (Fsp3) is 0.120. The first-order valence-corrected chi connectivity index (χ1v) is 10.5. The standard InChI is InChI=1S/C25H20BrFN2O3/c1-31-23-13-18(11-20(14-28)25(30)29-15-17-7-3-2-4-8-17)12-21(26)24(23)32-16-19-9-5-6-10-22(19)27/h2-13H,15-16H2,1H3,(H,29,30)/b20-11-. The molecule has 162 valence electrons. The molecule has 0 fully saturated rings. The van der Waals surface area contributed by atoms with Gasteiger partial charge in [0.1, 0.15) is 24.1 Å². The van der Waals surface area contributed by atoms with Crippen molar-refractivity contribution in [2.75, 3.05) is 7.11 Å². The molecule has 0 spiro atoms. The third kappa shape index (κ3) is 5.96. The van der Waals surface area contributed by atoms with Crippen molar-refractivity contribution in [3.8, 4) is 17.6 Å². The zero-order chi connectivity index (χ0) is 22.9. The number of rotatable bonds is 8. The van der Waals surface area contributed by atoms with Gasteiger partial charge >= 0.3 is 0 Å². The Morgan fingerprint density at radius 3 is 2.56 bits per heavy atom. The number of nitriles is 1. The Balaban J connectivity index is 1.77. The summed E-state index contributed by atoms with van der Waals surface area (Å²) in [5.74, 6) is -0.0717. The Morgan fingerprint density at radius 2 is 1.88 bits per heavy atom. The molecule has 0 aliphatic rings. The van der Waals surface area contributed by atoms with Crippen molar-refractivity contribution in [3.63, 3.8) is 0 Å². The topological polar surface area (TPSA) is 71.3 Å². The van der Waals surface area contributed by atoms with Crippen LogP contribution in [0.2, 0.25) is 0 Å². The maximum Gasteiger partial charge on any atom is 0.262 e. The van der Waals surface area contributed by atoms with E-state index in [0.717, 1.165) is 5.56 Å². The summed E-state index contributed by atoms with van der Waals surface area (Å²) >= 11 is 3.43.